The fourth-order valence-electron chi connectivity index (χ4n) is 2.78. The number of sulfonamides is 1. The van der Waals surface area contributed by atoms with Gasteiger partial charge in [-0.2, -0.15) is 4.31 Å². The minimum atomic E-state index is -3.69. The summed E-state index contributed by atoms with van der Waals surface area (Å²) in [5.74, 6) is -0.159. The molecule has 136 valence electrons. The lowest BCUT2D eigenvalue weighted by Gasteiger charge is -2.21. The number of nitrogens with zero attached hydrogens (tertiary/aromatic N) is 3. The molecule has 4 heterocycles. The lowest BCUT2D eigenvalue weighted by Crippen LogP contribution is -2.42. The number of nitrogens with one attached hydrogen (secondary N) is 1. The van der Waals surface area contributed by atoms with E-state index < -0.39 is 22.0 Å². The number of amides is 1. The van der Waals surface area contributed by atoms with Gasteiger partial charge in [0.05, 0.1) is 4.88 Å². The van der Waals surface area contributed by atoms with Crippen molar-refractivity contribution in [2.75, 3.05) is 11.9 Å². The van der Waals surface area contributed by atoms with Gasteiger partial charge in [-0.05, 0) is 35.7 Å². The first-order valence-corrected chi connectivity index (χ1v) is 11.0. The monoisotopic (exact) mass is 410 g/mol. The Bertz CT molecular complexity index is 996. The van der Waals surface area contributed by atoms with Crippen molar-refractivity contribution in [3.63, 3.8) is 0 Å². The SMILES string of the molecule is O=C(Nc1nnc(-c2cccs2)o1)C1CCCN1S(=O)(=O)c1cccs1. The van der Waals surface area contributed by atoms with Crippen LogP contribution >= 0.6 is 22.7 Å². The van der Waals surface area contributed by atoms with Crippen molar-refractivity contribution in [2.24, 2.45) is 0 Å². The van der Waals surface area contributed by atoms with Gasteiger partial charge in [-0.25, -0.2) is 8.42 Å². The zero-order valence-electron chi connectivity index (χ0n) is 13.4. The van der Waals surface area contributed by atoms with E-state index in [9.17, 15) is 13.2 Å². The summed E-state index contributed by atoms with van der Waals surface area (Å²) in [6, 6.07) is 6.06. The Morgan fingerprint density at radius 3 is 2.77 bits per heavy atom. The predicted octanol–water partition coefficient (Wildman–Crippen LogP) is 2.65. The lowest BCUT2D eigenvalue weighted by molar-refractivity contribution is -0.119. The van der Waals surface area contributed by atoms with Crippen LogP contribution in [0.1, 0.15) is 12.8 Å². The molecule has 1 aliphatic rings. The van der Waals surface area contributed by atoms with Crippen molar-refractivity contribution in [3.05, 3.63) is 35.0 Å². The molecule has 0 aromatic carbocycles. The number of carbonyl (C=O) groups is 1. The van der Waals surface area contributed by atoms with Crippen LogP contribution in [0.4, 0.5) is 6.01 Å². The second-order valence-electron chi connectivity index (χ2n) is 5.58. The zero-order valence-corrected chi connectivity index (χ0v) is 15.8. The normalized spacial score (nSPS) is 18.2. The first-order valence-electron chi connectivity index (χ1n) is 7.79. The number of aromatic nitrogens is 2. The van der Waals surface area contributed by atoms with Crippen molar-refractivity contribution >= 4 is 44.6 Å². The summed E-state index contributed by atoms with van der Waals surface area (Å²) in [6.07, 6.45) is 1.06. The van der Waals surface area contributed by atoms with Gasteiger partial charge >= 0.3 is 6.01 Å². The molecule has 26 heavy (non-hydrogen) atoms. The standard InChI is InChI=1S/C15H14N4O4S3/c20-13(16-15-18-17-14(23-15)11-5-2-8-24-11)10-4-1-7-19(10)26(21,22)12-6-3-9-25-12/h2-3,5-6,8-10H,1,4,7H2,(H,16,18,20). The Labute approximate surface area is 157 Å². The molecule has 1 amide bonds. The number of hydrogen-bond donors (Lipinski definition) is 1. The third-order valence-corrected chi connectivity index (χ3v) is 8.09. The highest BCUT2D eigenvalue weighted by atomic mass is 32.2. The molecule has 1 aliphatic heterocycles. The molecule has 1 N–H and O–H groups in total. The molecule has 11 heteroatoms. The van der Waals surface area contributed by atoms with Gasteiger partial charge in [0, 0.05) is 6.54 Å². The van der Waals surface area contributed by atoms with Crippen LogP contribution in [0.3, 0.4) is 0 Å². The fraction of sp³-hybridized carbons (Fsp3) is 0.267. The summed E-state index contributed by atoms with van der Waals surface area (Å²) in [4.78, 5) is 13.4. The van der Waals surface area contributed by atoms with Gasteiger partial charge in [0.15, 0.2) is 0 Å². The summed E-state index contributed by atoms with van der Waals surface area (Å²) in [6.45, 7) is 0.308. The molecular formula is C15H14N4O4S3. The van der Waals surface area contributed by atoms with Gasteiger partial charge in [-0.3, -0.25) is 10.1 Å². The summed E-state index contributed by atoms with van der Waals surface area (Å²) in [7, 11) is -3.69. The highest BCUT2D eigenvalue weighted by Crippen LogP contribution is 2.29. The van der Waals surface area contributed by atoms with Crippen molar-refractivity contribution < 1.29 is 17.6 Å². The molecule has 3 aromatic heterocycles. The van der Waals surface area contributed by atoms with E-state index in [0.717, 1.165) is 16.2 Å². The Balaban J connectivity index is 1.51. The van der Waals surface area contributed by atoms with Gasteiger partial charge in [0.25, 0.3) is 15.9 Å². The molecule has 0 aliphatic carbocycles. The average Bonchev–Trinajstić information content (AvgIpc) is 3.42. The highest BCUT2D eigenvalue weighted by molar-refractivity contribution is 7.91. The summed E-state index contributed by atoms with van der Waals surface area (Å²) >= 11 is 2.58. The van der Waals surface area contributed by atoms with E-state index in [0.29, 0.717) is 25.3 Å². The quantitative estimate of drug-likeness (QED) is 0.693. The average molecular weight is 411 g/mol. The van der Waals surface area contributed by atoms with E-state index in [4.69, 9.17) is 4.42 Å². The topological polar surface area (TPSA) is 105 Å². The second-order valence-corrected chi connectivity index (χ2v) is 9.60. The maximum Gasteiger partial charge on any atom is 0.322 e. The van der Waals surface area contributed by atoms with Crippen molar-refractivity contribution in [2.45, 2.75) is 23.1 Å². The molecule has 1 atom stereocenters. The summed E-state index contributed by atoms with van der Waals surface area (Å²) < 4.78 is 32.4. The third-order valence-electron chi connectivity index (χ3n) is 3.95. The summed E-state index contributed by atoms with van der Waals surface area (Å²) in [5, 5.41) is 13.8. The molecule has 1 unspecified atom stereocenters. The van der Waals surface area contributed by atoms with Crippen LogP contribution in [0.5, 0.6) is 0 Å². The Morgan fingerprint density at radius 1 is 1.23 bits per heavy atom. The molecule has 0 radical (unpaired) electrons. The van der Waals surface area contributed by atoms with Gasteiger partial charge in [-0.15, -0.1) is 27.8 Å². The van der Waals surface area contributed by atoms with E-state index in [-0.39, 0.29) is 10.2 Å². The lowest BCUT2D eigenvalue weighted by atomic mass is 10.2. The van der Waals surface area contributed by atoms with Crippen LogP contribution in [-0.2, 0) is 14.8 Å². The molecule has 1 fully saturated rings. The molecule has 0 bridgehead atoms. The van der Waals surface area contributed by atoms with Gasteiger partial charge in [0.1, 0.15) is 10.3 Å². The molecular weight excluding hydrogens is 396 g/mol. The molecule has 0 saturated carbocycles. The highest BCUT2D eigenvalue weighted by Gasteiger charge is 2.40. The molecule has 0 spiro atoms. The van der Waals surface area contributed by atoms with E-state index in [1.807, 2.05) is 17.5 Å². The fourth-order valence-corrected chi connectivity index (χ4v) is 6.20. The van der Waals surface area contributed by atoms with E-state index in [1.165, 1.54) is 15.6 Å². The van der Waals surface area contributed by atoms with Crippen LogP contribution in [0, 0.1) is 0 Å². The second kappa shape index (κ2) is 6.91. The Morgan fingerprint density at radius 2 is 2.04 bits per heavy atom. The number of rotatable bonds is 5. The third kappa shape index (κ3) is 3.18. The van der Waals surface area contributed by atoms with Gasteiger partial charge in [-0.1, -0.05) is 17.2 Å². The Hall–Kier alpha value is -2.08. The van der Waals surface area contributed by atoms with Crippen molar-refractivity contribution in [1.82, 2.24) is 14.5 Å². The Kier molecular flexibility index (Phi) is 4.61. The predicted molar refractivity (Wildman–Crippen MR) is 97.5 cm³/mol. The summed E-state index contributed by atoms with van der Waals surface area (Å²) in [5.41, 5.74) is 0. The van der Waals surface area contributed by atoms with Crippen LogP contribution in [-0.4, -0.2) is 41.4 Å². The first kappa shape index (κ1) is 17.3. The number of carbonyl (C=O) groups excluding carboxylic acids is 1. The molecule has 3 aromatic rings. The van der Waals surface area contributed by atoms with E-state index in [2.05, 4.69) is 15.5 Å². The van der Waals surface area contributed by atoms with Gasteiger partial charge in [0.2, 0.25) is 5.91 Å². The van der Waals surface area contributed by atoms with E-state index >= 15 is 0 Å². The van der Waals surface area contributed by atoms with Crippen LogP contribution in [0.25, 0.3) is 10.8 Å². The molecule has 1 saturated heterocycles. The van der Waals surface area contributed by atoms with E-state index in [1.54, 1.807) is 17.5 Å². The molecule has 4 rings (SSSR count). The zero-order chi connectivity index (χ0) is 18.1. The smallest absolute Gasteiger partial charge is 0.322 e. The maximum atomic E-state index is 12.7. The van der Waals surface area contributed by atoms with Crippen molar-refractivity contribution in [1.29, 1.82) is 0 Å². The largest absolute Gasteiger partial charge is 0.402 e. The van der Waals surface area contributed by atoms with Crippen LogP contribution < -0.4 is 5.32 Å². The first-order chi connectivity index (χ1) is 12.6. The minimum Gasteiger partial charge on any atom is -0.402 e. The van der Waals surface area contributed by atoms with Crippen LogP contribution in [0.15, 0.2) is 43.7 Å². The maximum absolute atomic E-state index is 12.7. The van der Waals surface area contributed by atoms with Crippen molar-refractivity contribution in [3.8, 4) is 10.8 Å². The number of thiophene rings is 2. The number of hydrogen-bond acceptors (Lipinski definition) is 8. The van der Waals surface area contributed by atoms with Gasteiger partial charge < -0.3 is 4.42 Å². The van der Waals surface area contributed by atoms with Crippen LogP contribution in [0.2, 0.25) is 0 Å². The number of anilines is 1. The molecule has 8 nitrogen and oxygen atoms in total. The minimum absolute atomic E-state index is 0.0428.